The third-order valence-corrected chi connectivity index (χ3v) is 4.82. The average Bonchev–Trinajstić information content (AvgIpc) is 2.40. The van der Waals surface area contributed by atoms with Gasteiger partial charge in [0.05, 0.1) is 0 Å². The molecule has 2 aliphatic rings. The Hall–Kier alpha value is -0.930. The third kappa shape index (κ3) is 1.77. The lowest BCUT2D eigenvalue weighted by Gasteiger charge is -2.47. The van der Waals surface area contributed by atoms with Gasteiger partial charge in [0.15, 0.2) is 0 Å². The van der Waals surface area contributed by atoms with Crippen molar-refractivity contribution in [2.24, 2.45) is 11.7 Å². The van der Waals surface area contributed by atoms with Gasteiger partial charge in [-0.1, -0.05) is 6.07 Å². The van der Waals surface area contributed by atoms with Gasteiger partial charge in [0.2, 0.25) is 0 Å². The van der Waals surface area contributed by atoms with Crippen LogP contribution in [0.2, 0.25) is 0 Å². The molecule has 3 rings (SSSR count). The molecule has 1 aliphatic heterocycles. The second-order valence-electron chi connectivity index (χ2n) is 5.54. The van der Waals surface area contributed by atoms with E-state index in [4.69, 9.17) is 10.5 Å². The molecule has 0 aromatic heterocycles. The summed E-state index contributed by atoms with van der Waals surface area (Å²) in [6.07, 6.45) is 4.07. The fourth-order valence-electron chi connectivity index (χ4n) is 3.84. The fraction of sp³-hybridized carbons (Fsp3) is 0.600. The van der Waals surface area contributed by atoms with Gasteiger partial charge < -0.3 is 10.5 Å². The molecule has 0 amide bonds. The van der Waals surface area contributed by atoms with E-state index >= 15 is 0 Å². The molecule has 1 saturated heterocycles. The van der Waals surface area contributed by atoms with Crippen LogP contribution in [0.25, 0.3) is 0 Å². The summed E-state index contributed by atoms with van der Waals surface area (Å²) in [5.41, 5.74) is 8.62. The number of fused-ring (bicyclic) bond motifs is 2. The van der Waals surface area contributed by atoms with E-state index in [2.05, 4.69) is 0 Å². The Kier molecular flexibility index (Phi) is 3.12. The van der Waals surface area contributed by atoms with Gasteiger partial charge in [0.25, 0.3) is 0 Å². The molecule has 0 radical (unpaired) electrons. The van der Waals surface area contributed by atoms with Gasteiger partial charge in [-0.2, -0.15) is 0 Å². The Morgan fingerprint density at radius 1 is 1.33 bits per heavy atom. The number of halogens is 1. The topological polar surface area (TPSA) is 35.2 Å². The first-order valence-electron chi connectivity index (χ1n) is 6.83. The lowest BCUT2D eigenvalue weighted by atomic mass is 9.59. The highest BCUT2D eigenvalue weighted by Crippen LogP contribution is 2.47. The van der Waals surface area contributed by atoms with E-state index in [9.17, 15) is 4.39 Å². The zero-order valence-corrected chi connectivity index (χ0v) is 10.6. The van der Waals surface area contributed by atoms with Gasteiger partial charge in [-0.05, 0) is 61.4 Å². The average molecular weight is 249 g/mol. The zero-order chi connectivity index (χ0) is 12.6. The molecule has 98 valence electrons. The first-order chi connectivity index (χ1) is 8.76. The molecule has 1 aliphatic carbocycles. The van der Waals surface area contributed by atoms with Gasteiger partial charge in [0, 0.05) is 18.6 Å². The van der Waals surface area contributed by atoms with E-state index in [1.54, 1.807) is 12.1 Å². The van der Waals surface area contributed by atoms with Crippen LogP contribution in [0.4, 0.5) is 4.39 Å². The van der Waals surface area contributed by atoms with Crippen LogP contribution in [-0.2, 0) is 16.6 Å². The standard InChI is InChI=1S/C15H20FNO/c16-13-3-4-14-11(9-13)1-2-12(10-17)15(14)5-7-18-8-6-15/h3-4,9,12H,1-2,5-8,10,17H2. The highest BCUT2D eigenvalue weighted by Gasteiger charge is 2.44. The third-order valence-electron chi connectivity index (χ3n) is 4.82. The molecule has 2 N–H and O–H groups in total. The van der Waals surface area contributed by atoms with Crippen LogP contribution in [0, 0.1) is 11.7 Å². The Morgan fingerprint density at radius 2 is 2.11 bits per heavy atom. The second kappa shape index (κ2) is 4.63. The van der Waals surface area contributed by atoms with Crippen LogP contribution in [0.15, 0.2) is 18.2 Å². The Balaban J connectivity index is 2.08. The summed E-state index contributed by atoms with van der Waals surface area (Å²) >= 11 is 0. The van der Waals surface area contributed by atoms with Crippen molar-refractivity contribution in [1.82, 2.24) is 0 Å². The minimum atomic E-state index is -0.123. The molecular weight excluding hydrogens is 229 g/mol. The Labute approximate surface area is 107 Å². The lowest BCUT2D eigenvalue weighted by molar-refractivity contribution is 0.0214. The molecule has 18 heavy (non-hydrogen) atoms. The van der Waals surface area contributed by atoms with E-state index in [1.807, 2.05) is 6.07 Å². The summed E-state index contributed by atoms with van der Waals surface area (Å²) in [6, 6.07) is 5.28. The molecule has 2 nitrogen and oxygen atoms in total. The fourth-order valence-corrected chi connectivity index (χ4v) is 3.84. The van der Waals surface area contributed by atoms with Crippen LogP contribution >= 0.6 is 0 Å². The van der Waals surface area contributed by atoms with Gasteiger partial charge in [-0.3, -0.25) is 0 Å². The van der Waals surface area contributed by atoms with Crippen LogP contribution in [-0.4, -0.2) is 19.8 Å². The van der Waals surface area contributed by atoms with Crippen molar-refractivity contribution in [2.45, 2.75) is 31.1 Å². The van der Waals surface area contributed by atoms with Crippen molar-refractivity contribution in [2.75, 3.05) is 19.8 Å². The molecule has 0 saturated carbocycles. The minimum Gasteiger partial charge on any atom is -0.381 e. The number of hydrogen-bond acceptors (Lipinski definition) is 2. The first-order valence-corrected chi connectivity index (χ1v) is 6.83. The van der Waals surface area contributed by atoms with E-state index in [0.717, 1.165) is 45.4 Å². The molecule has 1 aromatic carbocycles. The predicted molar refractivity (Wildman–Crippen MR) is 69.0 cm³/mol. The molecule has 1 fully saturated rings. The number of ether oxygens (including phenoxy) is 1. The smallest absolute Gasteiger partial charge is 0.123 e. The molecule has 1 heterocycles. The quantitative estimate of drug-likeness (QED) is 0.829. The largest absolute Gasteiger partial charge is 0.381 e. The molecule has 1 aromatic rings. The van der Waals surface area contributed by atoms with Crippen LogP contribution in [0.3, 0.4) is 0 Å². The maximum absolute atomic E-state index is 13.4. The van der Waals surface area contributed by atoms with Crippen molar-refractivity contribution >= 4 is 0 Å². The van der Waals surface area contributed by atoms with E-state index in [1.165, 1.54) is 11.1 Å². The maximum Gasteiger partial charge on any atom is 0.123 e. The highest BCUT2D eigenvalue weighted by molar-refractivity contribution is 5.39. The second-order valence-corrected chi connectivity index (χ2v) is 5.54. The van der Waals surface area contributed by atoms with Gasteiger partial charge >= 0.3 is 0 Å². The number of nitrogens with two attached hydrogens (primary N) is 1. The SMILES string of the molecule is NCC1CCc2cc(F)ccc2C12CCOCC2. The van der Waals surface area contributed by atoms with Crippen molar-refractivity contribution in [1.29, 1.82) is 0 Å². The Morgan fingerprint density at radius 3 is 2.83 bits per heavy atom. The van der Waals surface area contributed by atoms with Crippen LogP contribution in [0.1, 0.15) is 30.4 Å². The molecule has 0 bridgehead atoms. The van der Waals surface area contributed by atoms with Crippen molar-refractivity contribution < 1.29 is 9.13 Å². The summed E-state index contributed by atoms with van der Waals surface area (Å²) in [5.74, 6) is 0.390. The maximum atomic E-state index is 13.4. The summed E-state index contributed by atoms with van der Waals surface area (Å²) in [4.78, 5) is 0. The van der Waals surface area contributed by atoms with Crippen molar-refractivity contribution in [3.8, 4) is 0 Å². The molecule has 1 atom stereocenters. The number of hydrogen-bond donors (Lipinski definition) is 1. The van der Waals surface area contributed by atoms with Gasteiger partial charge in [0.1, 0.15) is 5.82 Å². The zero-order valence-electron chi connectivity index (χ0n) is 10.6. The van der Waals surface area contributed by atoms with E-state index in [-0.39, 0.29) is 11.2 Å². The van der Waals surface area contributed by atoms with E-state index in [0.29, 0.717) is 5.92 Å². The van der Waals surface area contributed by atoms with Gasteiger partial charge in [-0.25, -0.2) is 4.39 Å². The molecule has 1 spiro atoms. The number of benzene rings is 1. The van der Waals surface area contributed by atoms with Crippen molar-refractivity contribution in [3.05, 3.63) is 35.1 Å². The van der Waals surface area contributed by atoms with Crippen LogP contribution in [0.5, 0.6) is 0 Å². The highest BCUT2D eigenvalue weighted by atomic mass is 19.1. The number of aryl methyl sites for hydroxylation is 1. The summed E-state index contributed by atoms with van der Waals surface area (Å²) in [5, 5.41) is 0. The van der Waals surface area contributed by atoms with Crippen molar-refractivity contribution in [3.63, 3.8) is 0 Å². The number of rotatable bonds is 1. The Bertz CT molecular complexity index is 440. The summed E-state index contributed by atoms with van der Waals surface area (Å²) in [7, 11) is 0. The van der Waals surface area contributed by atoms with E-state index < -0.39 is 0 Å². The van der Waals surface area contributed by atoms with Gasteiger partial charge in [-0.15, -0.1) is 0 Å². The van der Waals surface area contributed by atoms with Crippen LogP contribution < -0.4 is 5.73 Å². The molecule has 3 heteroatoms. The summed E-state index contributed by atoms with van der Waals surface area (Å²) < 4.78 is 18.9. The molecule has 1 unspecified atom stereocenters. The lowest BCUT2D eigenvalue weighted by Crippen LogP contribution is -2.47. The monoisotopic (exact) mass is 249 g/mol. The summed E-state index contributed by atoms with van der Waals surface area (Å²) in [6.45, 7) is 2.32. The normalized spacial score (nSPS) is 26.0. The first kappa shape index (κ1) is 12.1. The minimum absolute atomic E-state index is 0.123. The molecular formula is C15H20FNO. The predicted octanol–water partition coefficient (Wildman–Crippen LogP) is 2.40.